The molecule has 0 unspecified atom stereocenters. The summed E-state index contributed by atoms with van der Waals surface area (Å²) < 4.78 is 5.71. The van der Waals surface area contributed by atoms with E-state index in [1.807, 2.05) is 52.1 Å². The average molecular weight is 400 g/mol. The zero-order valence-corrected chi connectivity index (χ0v) is 10.9. The molecular formula is C6H7ClI2O2. The predicted octanol–water partition coefficient (Wildman–Crippen LogP) is 3.22. The largest absolute Gasteiger partial charge is 0.462 e. The molecule has 0 atom stereocenters. The van der Waals surface area contributed by atoms with Gasteiger partial charge in [-0.2, -0.15) is 0 Å². The molecule has 0 aliphatic heterocycles. The van der Waals surface area contributed by atoms with Crippen molar-refractivity contribution in [2.24, 2.45) is 0 Å². The third kappa shape index (κ3) is 5.24. The Morgan fingerprint density at radius 2 is 2.09 bits per heavy atom. The Morgan fingerprint density at radius 1 is 1.55 bits per heavy atom. The van der Waals surface area contributed by atoms with Crippen molar-refractivity contribution in [3.05, 3.63) is 6.62 Å². The maximum atomic E-state index is 11.0. The number of rotatable bonds is 3. The van der Waals surface area contributed by atoms with Gasteiger partial charge in [-0.15, -0.1) is 0 Å². The van der Waals surface area contributed by atoms with Crippen molar-refractivity contribution >= 4 is 62.8 Å². The lowest BCUT2D eigenvalue weighted by Crippen LogP contribution is -2.04. The summed E-state index contributed by atoms with van der Waals surface area (Å²) in [4.78, 5) is 11.0. The van der Waals surface area contributed by atoms with Gasteiger partial charge >= 0.3 is 5.97 Å². The van der Waals surface area contributed by atoms with Crippen LogP contribution in [0.15, 0.2) is 6.62 Å². The molecule has 0 N–H and O–H groups in total. The number of hydrogen-bond acceptors (Lipinski definition) is 2. The highest BCUT2D eigenvalue weighted by Gasteiger charge is 2.09. The first-order valence-electron chi connectivity index (χ1n) is 2.97. The second-order valence-electron chi connectivity index (χ2n) is 1.71. The van der Waals surface area contributed by atoms with Crippen molar-refractivity contribution in [1.29, 1.82) is 0 Å². The summed E-state index contributed by atoms with van der Waals surface area (Å²) in [6.45, 7) is 2.39. The molecule has 0 aliphatic rings. The van der Waals surface area contributed by atoms with E-state index in [9.17, 15) is 4.79 Å². The molecule has 0 rings (SSSR count). The predicted molar refractivity (Wildman–Crippen MR) is 62.2 cm³/mol. The van der Waals surface area contributed by atoms with E-state index in [2.05, 4.69) is 0 Å². The molecule has 0 fully saturated rings. The van der Waals surface area contributed by atoms with E-state index in [1.165, 1.54) is 0 Å². The zero-order valence-electron chi connectivity index (χ0n) is 5.86. The number of carbonyl (C=O) groups is 1. The van der Waals surface area contributed by atoms with Crippen LogP contribution in [0.3, 0.4) is 0 Å². The first-order chi connectivity index (χ1) is 5.09. The van der Waals surface area contributed by atoms with Gasteiger partial charge < -0.3 is 4.74 Å². The average Bonchev–Trinajstić information content (AvgIpc) is 1.98. The smallest absolute Gasteiger partial charge is 0.346 e. The van der Waals surface area contributed by atoms with Gasteiger partial charge in [0.2, 0.25) is 0 Å². The van der Waals surface area contributed by atoms with Gasteiger partial charge in [0.15, 0.2) is 0 Å². The number of hydrogen-bond donors (Lipinski definition) is 0. The van der Waals surface area contributed by atoms with Gasteiger partial charge in [0.1, 0.15) is 3.58 Å². The lowest BCUT2D eigenvalue weighted by atomic mass is 10.5. The van der Waals surface area contributed by atoms with Crippen molar-refractivity contribution in [2.45, 2.75) is 13.3 Å². The van der Waals surface area contributed by atoms with Crippen LogP contribution in [0.2, 0.25) is 0 Å². The third-order valence-electron chi connectivity index (χ3n) is 0.782. The SMILES string of the molecule is CCCOC(=O)/C(I)=C(/Cl)I. The minimum Gasteiger partial charge on any atom is -0.462 e. The fourth-order valence-electron chi connectivity index (χ4n) is 0.335. The van der Waals surface area contributed by atoms with Crippen molar-refractivity contribution < 1.29 is 9.53 Å². The van der Waals surface area contributed by atoms with E-state index >= 15 is 0 Å². The second kappa shape index (κ2) is 6.47. The Balaban J connectivity index is 3.95. The quantitative estimate of drug-likeness (QED) is 0.413. The minimum absolute atomic E-state index is 0.341. The topological polar surface area (TPSA) is 26.3 Å². The molecule has 0 radical (unpaired) electrons. The monoisotopic (exact) mass is 400 g/mol. The van der Waals surface area contributed by atoms with Crippen LogP contribution in [0.5, 0.6) is 0 Å². The number of carbonyl (C=O) groups excluding carboxylic acids is 1. The molecule has 0 amide bonds. The van der Waals surface area contributed by atoms with Gasteiger partial charge in [0.25, 0.3) is 0 Å². The Labute approximate surface area is 98.0 Å². The Bertz CT molecular complexity index is 175. The molecule has 64 valence electrons. The van der Waals surface area contributed by atoms with E-state index in [0.29, 0.717) is 13.2 Å². The van der Waals surface area contributed by atoms with Crippen LogP contribution in [0.25, 0.3) is 0 Å². The first-order valence-corrected chi connectivity index (χ1v) is 5.51. The summed E-state index contributed by atoms with van der Waals surface area (Å²) >= 11 is 9.29. The van der Waals surface area contributed by atoms with E-state index in [1.54, 1.807) is 0 Å². The van der Waals surface area contributed by atoms with Crippen LogP contribution in [0, 0.1) is 0 Å². The van der Waals surface area contributed by atoms with Crippen LogP contribution in [0.4, 0.5) is 0 Å². The number of halogens is 3. The molecule has 0 aliphatic carbocycles. The van der Waals surface area contributed by atoms with Crippen LogP contribution >= 0.6 is 56.8 Å². The summed E-state index contributed by atoms with van der Waals surface area (Å²) in [7, 11) is 0. The van der Waals surface area contributed by atoms with Crippen molar-refractivity contribution in [3.8, 4) is 0 Å². The van der Waals surface area contributed by atoms with Gasteiger partial charge in [0, 0.05) is 0 Å². The fourth-order valence-corrected chi connectivity index (χ4v) is 0.788. The lowest BCUT2D eigenvalue weighted by molar-refractivity contribution is -0.137. The maximum absolute atomic E-state index is 11.0. The molecule has 0 bridgehead atoms. The first kappa shape index (κ1) is 12.0. The van der Waals surface area contributed by atoms with E-state index in [4.69, 9.17) is 16.3 Å². The molecule has 0 aromatic carbocycles. The molecule has 2 nitrogen and oxygen atoms in total. The van der Waals surface area contributed by atoms with Gasteiger partial charge in [-0.3, -0.25) is 0 Å². The summed E-state index contributed by atoms with van der Waals surface area (Å²) in [6.07, 6.45) is 0.828. The molecule has 0 heterocycles. The maximum Gasteiger partial charge on any atom is 0.346 e. The van der Waals surface area contributed by atoms with Gasteiger partial charge in [-0.25, -0.2) is 4.79 Å². The van der Waals surface area contributed by atoms with E-state index in [0.717, 1.165) is 6.42 Å². The highest BCUT2D eigenvalue weighted by atomic mass is 127. The van der Waals surface area contributed by atoms with Crippen LogP contribution < -0.4 is 0 Å². The normalized spacial score (nSPS) is 12.4. The summed E-state index contributed by atoms with van der Waals surface area (Å²) in [6, 6.07) is 0. The number of esters is 1. The molecule has 0 aromatic rings. The molecule has 0 spiro atoms. The van der Waals surface area contributed by atoms with Crippen LogP contribution in [-0.2, 0) is 9.53 Å². The molecule has 11 heavy (non-hydrogen) atoms. The van der Waals surface area contributed by atoms with E-state index in [-0.39, 0.29) is 5.97 Å². The lowest BCUT2D eigenvalue weighted by Gasteiger charge is -2.00. The Morgan fingerprint density at radius 3 is 2.45 bits per heavy atom. The van der Waals surface area contributed by atoms with Crippen molar-refractivity contribution in [1.82, 2.24) is 0 Å². The molecule has 0 saturated heterocycles. The summed E-state index contributed by atoms with van der Waals surface area (Å²) in [5.74, 6) is -0.341. The number of ether oxygens (including phenoxy) is 1. The molecule has 5 heteroatoms. The highest BCUT2D eigenvalue weighted by Crippen LogP contribution is 2.23. The highest BCUT2D eigenvalue weighted by molar-refractivity contribution is 14.1. The molecule has 0 saturated carbocycles. The van der Waals surface area contributed by atoms with Gasteiger partial charge in [-0.1, -0.05) is 18.5 Å². The van der Waals surface area contributed by atoms with Crippen molar-refractivity contribution in [3.63, 3.8) is 0 Å². The fraction of sp³-hybridized carbons (Fsp3) is 0.500. The van der Waals surface area contributed by atoms with Crippen molar-refractivity contribution in [2.75, 3.05) is 6.61 Å². The molecular weight excluding hydrogens is 393 g/mol. The van der Waals surface area contributed by atoms with Gasteiger partial charge in [-0.05, 0) is 51.6 Å². The summed E-state index contributed by atoms with van der Waals surface area (Å²) in [5.41, 5.74) is 0. The summed E-state index contributed by atoms with van der Waals surface area (Å²) in [5, 5.41) is 0. The van der Waals surface area contributed by atoms with Crippen LogP contribution in [0.1, 0.15) is 13.3 Å². The Hall–Kier alpha value is 0.960. The van der Waals surface area contributed by atoms with Crippen LogP contribution in [-0.4, -0.2) is 12.6 Å². The van der Waals surface area contributed by atoms with E-state index < -0.39 is 0 Å². The second-order valence-corrected chi connectivity index (χ2v) is 4.88. The third-order valence-corrected chi connectivity index (χ3v) is 3.84. The molecule has 0 aromatic heterocycles. The van der Waals surface area contributed by atoms with Gasteiger partial charge in [0.05, 0.1) is 9.65 Å². The standard InChI is InChI=1S/C6H7ClI2O2/c1-2-3-11-6(10)4(8)5(7)9/h2-3H2,1H3/b5-4+. The zero-order chi connectivity index (χ0) is 8.85. The Kier molecular flexibility index (Phi) is 7.04. The minimum atomic E-state index is -0.341.